The van der Waals surface area contributed by atoms with Crippen LogP contribution in [0.2, 0.25) is 0 Å². The van der Waals surface area contributed by atoms with E-state index in [1.165, 1.54) is 16.7 Å². The maximum absolute atomic E-state index is 9.86. The zero-order valence-electron chi connectivity index (χ0n) is 9.75. The van der Waals surface area contributed by atoms with Gasteiger partial charge >= 0.3 is 5.11 Å². The van der Waals surface area contributed by atoms with Gasteiger partial charge in [0.2, 0.25) is 0 Å². The number of hydrogen-bond acceptors (Lipinski definition) is 4. The number of rotatable bonds is 0. The predicted molar refractivity (Wildman–Crippen MR) is 64.3 cm³/mol. The van der Waals surface area contributed by atoms with Crippen LogP contribution in [-0.4, -0.2) is 13.5 Å². The highest BCUT2D eigenvalue weighted by Crippen LogP contribution is 2.06. The zero-order valence-corrected chi connectivity index (χ0v) is 10.6. The van der Waals surface area contributed by atoms with E-state index in [0.717, 1.165) is 0 Å². The SMILES string of the molecule is Cc1cc(C)cc(C)c1.O=S(=O)=C1N=NN=N1. The smallest absolute Gasteiger partial charge is 0.180 e. The fourth-order valence-corrected chi connectivity index (χ4v) is 1.61. The fourth-order valence-electron chi connectivity index (χ4n) is 1.41. The molecule has 0 aromatic heterocycles. The summed E-state index contributed by atoms with van der Waals surface area (Å²) in [6.07, 6.45) is 0. The van der Waals surface area contributed by atoms with Gasteiger partial charge in [0.1, 0.15) is 0 Å². The van der Waals surface area contributed by atoms with Gasteiger partial charge in [-0.25, -0.2) is 0 Å². The Morgan fingerprint density at radius 1 is 0.824 bits per heavy atom. The zero-order chi connectivity index (χ0) is 12.8. The normalized spacial score (nSPS) is 12.3. The molecule has 0 unspecified atom stereocenters. The molecule has 0 bridgehead atoms. The molecule has 2 rings (SSSR count). The molecule has 6 nitrogen and oxygen atoms in total. The van der Waals surface area contributed by atoms with E-state index >= 15 is 0 Å². The molecule has 1 heterocycles. The molecule has 1 aliphatic heterocycles. The van der Waals surface area contributed by atoms with E-state index in [1.54, 1.807) is 0 Å². The lowest BCUT2D eigenvalue weighted by atomic mass is 10.1. The summed E-state index contributed by atoms with van der Waals surface area (Å²) in [4.78, 5) is 0. The lowest BCUT2D eigenvalue weighted by molar-refractivity contribution is 0.626. The van der Waals surface area contributed by atoms with Crippen molar-refractivity contribution in [1.29, 1.82) is 0 Å². The van der Waals surface area contributed by atoms with E-state index in [0.29, 0.717) is 0 Å². The Labute approximate surface area is 101 Å². The van der Waals surface area contributed by atoms with Gasteiger partial charge in [0.15, 0.2) is 0 Å². The Morgan fingerprint density at radius 3 is 1.41 bits per heavy atom. The highest BCUT2D eigenvalue weighted by atomic mass is 32.2. The Balaban J connectivity index is 0.000000171. The second-order valence-corrected chi connectivity index (χ2v) is 4.40. The van der Waals surface area contributed by atoms with E-state index in [2.05, 4.69) is 59.6 Å². The van der Waals surface area contributed by atoms with Gasteiger partial charge in [0.05, 0.1) is 0 Å². The molecule has 0 radical (unpaired) electrons. The average Bonchev–Trinajstić information content (AvgIpc) is 2.68. The van der Waals surface area contributed by atoms with Crippen LogP contribution in [0.5, 0.6) is 0 Å². The Hall–Kier alpha value is -1.89. The van der Waals surface area contributed by atoms with Crippen molar-refractivity contribution in [1.82, 2.24) is 0 Å². The quantitative estimate of drug-likeness (QED) is 0.664. The molecule has 0 spiro atoms. The second-order valence-electron chi connectivity index (χ2n) is 3.56. The summed E-state index contributed by atoms with van der Waals surface area (Å²) >= 11 is 0. The average molecular weight is 252 g/mol. The van der Waals surface area contributed by atoms with E-state index in [4.69, 9.17) is 0 Å². The van der Waals surface area contributed by atoms with Crippen molar-refractivity contribution >= 4 is 15.4 Å². The highest BCUT2D eigenvalue weighted by molar-refractivity contribution is 7.72. The third-order valence-electron chi connectivity index (χ3n) is 1.82. The van der Waals surface area contributed by atoms with Crippen molar-refractivity contribution < 1.29 is 8.42 Å². The maximum Gasteiger partial charge on any atom is 0.318 e. The molecule has 1 aromatic rings. The second kappa shape index (κ2) is 6.00. The van der Waals surface area contributed by atoms with E-state index in [9.17, 15) is 8.42 Å². The van der Waals surface area contributed by atoms with Gasteiger partial charge in [-0.1, -0.05) is 45.1 Å². The summed E-state index contributed by atoms with van der Waals surface area (Å²) in [6.45, 7) is 6.38. The number of nitrogens with zero attached hydrogens (tertiary/aromatic N) is 4. The summed E-state index contributed by atoms with van der Waals surface area (Å²) in [6, 6.07) is 6.56. The highest BCUT2D eigenvalue weighted by Gasteiger charge is 1.99. The molecular weight excluding hydrogens is 240 g/mol. The first-order chi connectivity index (χ1) is 7.99. The molecular formula is C10H12N4O2S. The largest absolute Gasteiger partial charge is 0.318 e. The Kier molecular flexibility index (Phi) is 4.65. The van der Waals surface area contributed by atoms with Gasteiger partial charge < -0.3 is 0 Å². The molecule has 0 amide bonds. The van der Waals surface area contributed by atoms with Crippen LogP contribution in [0.1, 0.15) is 16.7 Å². The molecule has 0 atom stereocenters. The van der Waals surface area contributed by atoms with Gasteiger partial charge in [-0.3, -0.25) is 0 Å². The van der Waals surface area contributed by atoms with Crippen LogP contribution in [0.3, 0.4) is 0 Å². The fraction of sp³-hybridized carbons (Fsp3) is 0.300. The number of hydrogen-bond donors (Lipinski definition) is 0. The number of benzene rings is 1. The summed E-state index contributed by atoms with van der Waals surface area (Å²) < 4.78 is 19.7. The van der Waals surface area contributed by atoms with E-state index in [-0.39, 0.29) is 5.11 Å². The van der Waals surface area contributed by atoms with Gasteiger partial charge in [-0.2, -0.15) is 8.42 Å². The van der Waals surface area contributed by atoms with Gasteiger partial charge in [-0.15, -0.1) is 0 Å². The van der Waals surface area contributed by atoms with Crippen LogP contribution >= 0.6 is 0 Å². The molecule has 0 N–H and O–H groups in total. The van der Waals surface area contributed by atoms with Gasteiger partial charge in [0, 0.05) is 0 Å². The molecule has 1 aromatic carbocycles. The van der Waals surface area contributed by atoms with E-state index < -0.39 is 10.3 Å². The first kappa shape index (κ1) is 13.2. The third kappa shape index (κ3) is 4.64. The van der Waals surface area contributed by atoms with Crippen LogP contribution < -0.4 is 0 Å². The summed E-state index contributed by atoms with van der Waals surface area (Å²) in [5.41, 5.74) is 4.06. The summed E-state index contributed by atoms with van der Waals surface area (Å²) in [5.74, 6) is 0. The number of aryl methyl sites for hydroxylation is 3. The van der Waals surface area contributed by atoms with Crippen molar-refractivity contribution in [2.24, 2.45) is 20.7 Å². The standard InChI is InChI=1S/C9H12.CN4O2S/c1-7-4-8(2)6-9(3)5-7;6-8(7)1-2-4-5-3-1/h4-6H,1-3H3;. The van der Waals surface area contributed by atoms with Gasteiger partial charge in [0.25, 0.3) is 10.3 Å². The molecule has 0 aliphatic carbocycles. The van der Waals surface area contributed by atoms with Crippen molar-refractivity contribution in [2.75, 3.05) is 0 Å². The van der Waals surface area contributed by atoms with Crippen molar-refractivity contribution in [3.63, 3.8) is 0 Å². The first-order valence-corrected chi connectivity index (χ1v) is 5.89. The van der Waals surface area contributed by atoms with Crippen LogP contribution in [0.25, 0.3) is 0 Å². The topological polar surface area (TPSA) is 83.6 Å². The van der Waals surface area contributed by atoms with Crippen LogP contribution in [0.4, 0.5) is 0 Å². The minimum Gasteiger partial charge on any atom is -0.180 e. The lowest BCUT2D eigenvalue weighted by Crippen LogP contribution is -1.81. The molecule has 1 aliphatic rings. The third-order valence-corrected chi connectivity index (χ3v) is 2.28. The van der Waals surface area contributed by atoms with Crippen molar-refractivity contribution in [2.45, 2.75) is 20.8 Å². The van der Waals surface area contributed by atoms with Crippen molar-refractivity contribution in [3.05, 3.63) is 34.9 Å². The van der Waals surface area contributed by atoms with Crippen molar-refractivity contribution in [3.8, 4) is 0 Å². The van der Waals surface area contributed by atoms with Crippen LogP contribution in [0.15, 0.2) is 38.9 Å². The first-order valence-electron chi connectivity index (χ1n) is 4.82. The van der Waals surface area contributed by atoms with Crippen LogP contribution in [0, 0.1) is 20.8 Å². The van der Waals surface area contributed by atoms with Crippen LogP contribution in [-0.2, 0) is 10.3 Å². The summed E-state index contributed by atoms with van der Waals surface area (Å²) in [7, 11) is -2.40. The monoisotopic (exact) mass is 252 g/mol. The molecule has 0 saturated heterocycles. The van der Waals surface area contributed by atoms with E-state index in [1.807, 2.05) is 0 Å². The molecule has 0 saturated carbocycles. The minimum absolute atomic E-state index is 0.370. The Morgan fingerprint density at radius 2 is 1.18 bits per heavy atom. The Bertz CT molecular complexity index is 530. The molecule has 7 heteroatoms. The van der Waals surface area contributed by atoms with Gasteiger partial charge in [-0.05, 0) is 31.2 Å². The maximum atomic E-state index is 9.86. The summed E-state index contributed by atoms with van der Waals surface area (Å²) in [5, 5.41) is 11.6. The molecule has 0 fully saturated rings. The minimum atomic E-state index is -2.40. The molecule has 17 heavy (non-hydrogen) atoms. The predicted octanol–water partition coefficient (Wildman–Crippen LogP) is 2.40. The lowest BCUT2D eigenvalue weighted by Gasteiger charge is -1.96. The molecule has 90 valence electrons.